The third kappa shape index (κ3) is 5.47. The number of hydrogen-bond acceptors (Lipinski definition) is 3. The molecule has 1 saturated heterocycles. The van der Waals surface area contributed by atoms with E-state index in [4.69, 9.17) is 4.74 Å². The van der Waals surface area contributed by atoms with Crippen molar-refractivity contribution in [3.63, 3.8) is 0 Å². The Morgan fingerprint density at radius 3 is 2.03 bits per heavy atom. The molecule has 1 unspecified atom stereocenters. The first-order chi connectivity index (χ1) is 14.3. The minimum Gasteiger partial charge on any atom is -0.491 e. The van der Waals surface area contributed by atoms with Crippen LogP contribution in [-0.2, 0) is 0 Å². The van der Waals surface area contributed by atoms with Crippen molar-refractivity contribution in [3.05, 3.63) is 90.5 Å². The standard InChI is InChI=1S/C26H29NO2/c28-25(20-29-26-9-5-2-6-10-26)19-27-17-15-24(16-18-27)23-13-11-22(12-14-23)21-7-3-1-4-8-21/h1-14,24-25,28H,15-20H2. The largest absolute Gasteiger partial charge is 0.491 e. The average Bonchev–Trinajstić information content (AvgIpc) is 2.80. The molecule has 3 aromatic rings. The fraction of sp³-hybridized carbons (Fsp3) is 0.308. The fourth-order valence-corrected chi connectivity index (χ4v) is 4.09. The first-order valence-electron chi connectivity index (χ1n) is 10.5. The number of hydrogen-bond donors (Lipinski definition) is 1. The molecule has 0 aliphatic carbocycles. The van der Waals surface area contributed by atoms with Gasteiger partial charge in [-0.25, -0.2) is 0 Å². The zero-order chi connectivity index (χ0) is 19.9. The summed E-state index contributed by atoms with van der Waals surface area (Å²) in [6, 6.07) is 29.2. The molecule has 3 heteroatoms. The number of benzene rings is 3. The maximum Gasteiger partial charge on any atom is 0.119 e. The van der Waals surface area contributed by atoms with Crippen molar-refractivity contribution in [2.75, 3.05) is 26.2 Å². The highest BCUT2D eigenvalue weighted by Gasteiger charge is 2.22. The van der Waals surface area contributed by atoms with Gasteiger partial charge in [-0.2, -0.15) is 0 Å². The van der Waals surface area contributed by atoms with Crippen LogP contribution >= 0.6 is 0 Å². The van der Waals surface area contributed by atoms with E-state index in [2.05, 4.69) is 59.5 Å². The number of rotatable bonds is 7. The number of aliphatic hydroxyl groups is 1. The van der Waals surface area contributed by atoms with Crippen LogP contribution in [0.4, 0.5) is 0 Å². The van der Waals surface area contributed by atoms with E-state index in [1.54, 1.807) is 0 Å². The van der Waals surface area contributed by atoms with Crippen molar-refractivity contribution >= 4 is 0 Å². The third-order valence-corrected chi connectivity index (χ3v) is 5.73. The summed E-state index contributed by atoms with van der Waals surface area (Å²) in [5, 5.41) is 10.3. The Balaban J connectivity index is 1.24. The Morgan fingerprint density at radius 1 is 0.793 bits per heavy atom. The Labute approximate surface area is 173 Å². The van der Waals surface area contributed by atoms with Gasteiger partial charge in [0, 0.05) is 6.54 Å². The molecule has 0 bridgehead atoms. The molecule has 3 nitrogen and oxygen atoms in total. The van der Waals surface area contributed by atoms with E-state index >= 15 is 0 Å². The summed E-state index contributed by atoms with van der Waals surface area (Å²) in [6.45, 7) is 3.05. The van der Waals surface area contributed by atoms with E-state index in [0.717, 1.165) is 31.7 Å². The molecule has 1 fully saturated rings. The second-order valence-corrected chi connectivity index (χ2v) is 7.84. The number of nitrogens with zero attached hydrogens (tertiary/aromatic N) is 1. The van der Waals surface area contributed by atoms with Crippen LogP contribution in [0, 0.1) is 0 Å². The van der Waals surface area contributed by atoms with E-state index in [1.807, 2.05) is 30.3 Å². The molecule has 150 valence electrons. The molecule has 3 aromatic carbocycles. The molecular weight excluding hydrogens is 358 g/mol. The van der Waals surface area contributed by atoms with Gasteiger partial charge < -0.3 is 14.7 Å². The second kappa shape index (κ2) is 9.73. The molecule has 1 aliphatic rings. The highest BCUT2D eigenvalue weighted by atomic mass is 16.5. The van der Waals surface area contributed by atoms with Gasteiger partial charge in [0.1, 0.15) is 18.5 Å². The Bertz CT molecular complexity index is 856. The first-order valence-corrected chi connectivity index (χ1v) is 10.5. The lowest BCUT2D eigenvalue weighted by Gasteiger charge is -2.33. The summed E-state index contributed by atoms with van der Waals surface area (Å²) in [6.07, 6.45) is 1.81. The number of ether oxygens (including phenoxy) is 1. The van der Waals surface area contributed by atoms with Crippen molar-refractivity contribution in [1.29, 1.82) is 0 Å². The van der Waals surface area contributed by atoms with Crippen LogP contribution in [0.25, 0.3) is 11.1 Å². The van der Waals surface area contributed by atoms with E-state index in [9.17, 15) is 5.11 Å². The topological polar surface area (TPSA) is 32.7 Å². The van der Waals surface area contributed by atoms with E-state index < -0.39 is 6.10 Å². The van der Waals surface area contributed by atoms with Crippen LogP contribution in [0.3, 0.4) is 0 Å². The Morgan fingerprint density at radius 2 is 1.38 bits per heavy atom. The molecule has 0 aromatic heterocycles. The van der Waals surface area contributed by atoms with Crippen molar-refractivity contribution in [3.8, 4) is 16.9 Å². The summed E-state index contributed by atoms with van der Waals surface area (Å²) < 4.78 is 5.67. The molecule has 1 N–H and O–H groups in total. The maximum atomic E-state index is 10.3. The highest BCUT2D eigenvalue weighted by molar-refractivity contribution is 5.63. The van der Waals surface area contributed by atoms with Gasteiger partial charge in [0.05, 0.1) is 0 Å². The predicted molar refractivity (Wildman–Crippen MR) is 118 cm³/mol. The van der Waals surface area contributed by atoms with Gasteiger partial charge in [-0.05, 0) is 60.7 Å². The lowest BCUT2D eigenvalue weighted by atomic mass is 9.88. The first kappa shape index (κ1) is 19.7. The molecular formula is C26H29NO2. The van der Waals surface area contributed by atoms with Crippen LogP contribution in [0.1, 0.15) is 24.3 Å². The molecule has 0 amide bonds. The number of para-hydroxylation sites is 1. The zero-order valence-electron chi connectivity index (χ0n) is 16.8. The quantitative estimate of drug-likeness (QED) is 0.621. The molecule has 4 rings (SSSR count). The summed E-state index contributed by atoms with van der Waals surface area (Å²) in [4.78, 5) is 2.36. The SMILES string of the molecule is OC(COc1ccccc1)CN1CCC(c2ccc(-c3ccccc3)cc2)CC1. The summed E-state index contributed by atoms with van der Waals surface area (Å²) >= 11 is 0. The van der Waals surface area contributed by atoms with E-state index in [-0.39, 0.29) is 0 Å². The minimum atomic E-state index is -0.461. The molecule has 29 heavy (non-hydrogen) atoms. The summed E-state index contributed by atoms with van der Waals surface area (Å²) in [5.41, 5.74) is 3.96. The van der Waals surface area contributed by atoms with Gasteiger partial charge in [-0.15, -0.1) is 0 Å². The molecule has 0 saturated carbocycles. The third-order valence-electron chi connectivity index (χ3n) is 5.73. The Kier molecular flexibility index (Phi) is 6.60. The smallest absolute Gasteiger partial charge is 0.119 e. The normalized spacial score (nSPS) is 16.4. The van der Waals surface area contributed by atoms with E-state index in [1.165, 1.54) is 16.7 Å². The van der Waals surface area contributed by atoms with Crippen molar-refractivity contribution < 1.29 is 9.84 Å². The number of aliphatic hydroxyl groups excluding tert-OH is 1. The van der Waals surface area contributed by atoms with Crippen LogP contribution in [0.15, 0.2) is 84.9 Å². The number of likely N-dealkylation sites (tertiary alicyclic amines) is 1. The lowest BCUT2D eigenvalue weighted by molar-refractivity contribution is 0.0594. The second-order valence-electron chi connectivity index (χ2n) is 7.84. The molecule has 1 heterocycles. The monoisotopic (exact) mass is 387 g/mol. The summed E-state index contributed by atoms with van der Waals surface area (Å²) in [5.74, 6) is 1.41. The highest BCUT2D eigenvalue weighted by Crippen LogP contribution is 2.30. The fourth-order valence-electron chi connectivity index (χ4n) is 4.09. The van der Waals surface area contributed by atoms with Gasteiger partial charge in [-0.3, -0.25) is 0 Å². The zero-order valence-corrected chi connectivity index (χ0v) is 16.8. The molecule has 0 spiro atoms. The molecule has 1 atom stereocenters. The summed E-state index contributed by atoms with van der Waals surface area (Å²) in [7, 11) is 0. The van der Waals surface area contributed by atoms with Gasteiger partial charge in [0.25, 0.3) is 0 Å². The van der Waals surface area contributed by atoms with Crippen molar-refractivity contribution in [1.82, 2.24) is 4.90 Å². The van der Waals surface area contributed by atoms with Crippen molar-refractivity contribution in [2.24, 2.45) is 0 Å². The average molecular weight is 388 g/mol. The van der Waals surface area contributed by atoms with Crippen LogP contribution < -0.4 is 4.74 Å². The van der Waals surface area contributed by atoms with Gasteiger partial charge in [0.2, 0.25) is 0 Å². The van der Waals surface area contributed by atoms with Gasteiger partial charge in [-0.1, -0.05) is 72.8 Å². The maximum absolute atomic E-state index is 10.3. The predicted octanol–water partition coefficient (Wildman–Crippen LogP) is 4.97. The van der Waals surface area contributed by atoms with Gasteiger partial charge >= 0.3 is 0 Å². The van der Waals surface area contributed by atoms with Crippen molar-refractivity contribution in [2.45, 2.75) is 24.9 Å². The molecule has 1 aliphatic heterocycles. The molecule has 0 radical (unpaired) electrons. The van der Waals surface area contributed by atoms with E-state index in [0.29, 0.717) is 19.1 Å². The van der Waals surface area contributed by atoms with Crippen LogP contribution in [-0.4, -0.2) is 42.4 Å². The Hall–Kier alpha value is -2.62. The van der Waals surface area contributed by atoms with Crippen LogP contribution in [0.2, 0.25) is 0 Å². The van der Waals surface area contributed by atoms with Crippen LogP contribution in [0.5, 0.6) is 5.75 Å². The van der Waals surface area contributed by atoms with Gasteiger partial charge in [0.15, 0.2) is 0 Å². The minimum absolute atomic E-state index is 0.338. The number of piperidine rings is 1. The lowest BCUT2D eigenvalue weighted by Crippen LogP contribution is -2.40. The number of β-amino-alcohol motifs (C(OH)–C–C–N with tert-alkyl or cyclic N) is 1.